The maximum atomic E-state index is 11.6. The number of ether oxygens (including phenoxy) is 1. The average molecular weight is 284 g/mol. The van der Waals surface area contributed by atoms with Crippen molar-refractivity contribution in [3.8, 4) is 0 Å². The number of hydrogen-bond donors (Lipinski definition) is 3. The van der Waals surface area contributed by atoms with E-state index in [1.54, 1.807) is 0 Å². The Kier molecular flexibility index (Phi) is 5.64. The van der Waals surface area contributed by atoms with E-state index < -0.39 is 5.97 Å². The van der Waals surface area contributed by atoms with Crippen LogP contribution in [0.4, 0.5) is 4.79 Å². The Hall–Kier alpha value is -1.30. The lowest BCUT2D eigenvalue weighted by Gasteiger charge is -2.17. The minimum atomic E-state index is -0.743. The van der Waals surface area contributed by atoms with Crippen molar-refractivity contribution in [2.75, 3.05) is 19.7 Å². The Labute approximate surface area is 119 Å². The highest BCUT2D eigenvalue weighted by Gasteiger charge is 2.32. The van der Waals surface area contributed by atoms with Crippen LogP contribution < -0.4 is 10.6 Å². The van der Waals surface area contributed by atoms with E-state index >= 15 is 0 Å². The standard InChI is InChI=1S/C14H24N2O4/c17-13(18)12-5-1-3-10(12)9-16-14(19)15-7-6-11-4-2-8-20-11/h10-12H,1-9H2,(H,17,18)(H2,15,16,19). The number of carbonyl (C=O) groups is 2. The molecule has 0 radical (unpaired) electrons. The van der Waals surface area contributed by atoms with E-state index in [1.165, 1.54) is 0 Å². The van der Waals surface area contributed by atoms with Crippen molar-refractivity contribution in [3.63, 3.8) is 0 Å². The first kappa shape index (κ1) is 15.1. The smallest absolute Gasteiger partial charge is 0.314 e. The van der Waals surface area contributed by atoms with Crippen LogP contribution in [0, 0.1) is 11.8 Å². The van der Waals surface area contributed by atoms with Gasteiger partial charge in [0.15, 0.2) is 0 Å². The van der Waals surface area contributed by atoms with Gasteiger partial charge >= 0.3 is 12.0 Å². The molecule has 3 atom stereocenters. The number of hydrogen-bond acceptors (Lipinski definition) is 3. The van der Waals surface area contributed by atoms with Gasteiger partial charge < -0.3 is 20.5 Å². The van der Waals surface area contributed by atoms with E-state index in [0.717, 1.165) is 45.1 Å². The zero-order chi connectivity index (χ0) is 14.4. The summed E-state index contributed by atoms with van der Waals surface area (Å²) in [7, 11) is 0. The summed E-state index contributed by atoms with van der Waals surface area (Å²) in [4.78, 5) is 22.7. The maximum absolute atomic E-state index is 11.6. The molecule has 20 heavy (non-hydrogen) atoms. The zero-order valence-corrected chi connectivity index (χ0v) is 11.8. The fourth-order valence-corrected chi connectivity index (χ4v) is 3.11. The lowest BCUT2D eigenvalue weighted by atomic mass is 9.96. The van der Waals surface area contributed by atoms with Gasteiger partial charge in [0, 0.05) is 19.7 Å². The normalized spacial score (nSPS) is 29.3. The van der Waals surface area contributed by atoms with E-state index in [4.69, 9.17) is 9.84 Å². The molecule has 1 aliphatic heterocycles. The van der Waals surface area contributed by atoms with Crippen molar-refractivity contribution in [2.45, 2.75) is 44.6 Å². The van der Waals surface area contributed by atoms with Gasteiger partial charge in [-0.05, 0) is 38.0 Å². The summed E-state index contributed by atoms with van der Waals surface area (Å²) < 4.78 is 5.48. The minimum absolute atomic E-state index is 0.0661. The second-order valence-corrected chi connectivity index (χ2v) is 5.70. The van der Waals surface area contributed by atoms with Crippen LogP contribution >= 0.6 is 0 Å². The quantitative estimate of drug-likeness (QED) is 0.687. The molecule has 1 saturated carbocycles. The van der Waals surface area contributed by atoms with Crippen LogP contribution in [0.3, 0.4) is 0 Å². The molecular weight excluding hydrogens is 260 g/mol. The number of amides is 2. The number of carboxylic acids is 1. The molecule has 2 amide bonds. The van der Waals surface area contributed by atoms with Crippen LogP contribution in [0.25, 0.3) is 0 Å². The van der Waals surface area contributed by atoms with E-state index in [2.05, 4.69) is 10.6 Å². The van der Waals surface area contributed by atoms with Crippen molar-refractivity contribution in [1.82, 2.24) is 10.6 Å². The Morgan fingerprint density at radius 3 is 2.70 bits per heavy atom. The molecule has 0 aromatic rings. The second kappa shape index (κ2) is 7.47. The summed E-state index contributed by atoms with van der Waals surface area (Å²) in [6, 6.07) is -0.209. The van der Waals surface area contributed by atoms with Gasteiger partial charge in [0.25, 0.3) is 0 Å². The first-order valence-corrected chi connectivity index (χ1v) is 7.53. The van der Waals surface area contributed by atoms with E-state index in [1.807, 2.05) is 0 Å². The molecule has 0 aromatic heterocycles. The largest absolute Gasteiger partial charge is 0.481 e. The van der Waals surface area contributed by atoms with E-state index in [-0.39, 0.29) is 24.0 Å². The molecule has 0 spiro atoms. The Morgan fingerprint density at radius 2 is 2.00 bits per heavy atom. The summed E-state index contributed by atoms with van der Waals surface area (Å²) in [6.07, 6.45) is 5.84. The first-order valence-electron chi connectivity index (χ1n) is 7.53. The lowest BCUT2D eigenvalue weighted by Crippen LogP contribution is -2.40. The Bertz CT molecular complexity index is 342. The van der Waals surface area contributed by atoms with Crippen molar-refractivity contribution in [1.29, 1.82) is 0 Å². The van der Waals surface area contributed by atoms with Crippen molar-refractivity contribution in [2.24, 2.45) is 11.8 Å². The van der Waals surface area contributed by atoms with Gasteiger partial charge in [0.2, 0.25) is 0 Å². The monoisotopic (exact) mass is 284 g/mol. The molecule has 2 rings (SSSR count). The third kappa shape index (κ3) is 4.37. The Morgan fingerprint density at radius 1 is 1.15 bits per heavy atom. The third-order valence-electron chi connectivity index (χ3n) is 4.28. The molecule has 2 fully saturated rings. The van der Waals surface area contributed by atoms with E-state index in [0.29, 0.717) is 13.1 Å². The number of nitrogens with one attached hydrogen (secondary N) is 2. The summed E-state index contributed by atoms with van der Waals surface area (Å²) >= 11 is 0. The number of carboxylic acid groups (broad SMARTS) is 1. The second-order valence-electron chi connectivity index (χ2n) is 5.70. The molecule has 1 heterocycles. The highest BCUT2D eigenvalue weighted by atomic mass is 16.5. The number of rotatable bonds is 6. The van der Waals surface area contributed by atoms with Crippen molar-refractivity contribution < 1.29 is 19.4 Å². The van der Waals surface area contributed by atoms with E-state index in [9.17, 15) is 9.59 Å². The van der Waals surface area contributed by atoms with Crippen LogP contribution in [0.2, 0.25) is 0 Å². The molecule has 2 aliphatic rings. The Balaban J connectivity index is 1.58. The van der Waals surface area contributed by atoms with Crippen LogP contribution in [0.15, 0.2) is 0 Å². The van der Waals surface area contributed by atoms with Gasteiger partial charge in [-0.25, -0.2) is 4.79 Å². The van der Waals surface area contributed by atoms with Gasteiger partial charge in [0.1, 0.15) is 0 Å². The molecule has 3 N–H and O–H groups in total. The molecule has 1 saturated heterocycles. The van der Waals surface area contributed by atoms with Gasteiger partial charge in [-0.1, -0.05) is 6.42 Å². The highest BCUT2D eigenvalue weighted by Crippen LogP contribution is 2.31. The molecule has 0 bridgehead atoms. The topological polar surface area (TPSA) is 87.7 Å². The number of carbonyl (C=O) groups excluding carboxylic acids is 1. The van der Waals surface area contributed by atoms with Gasteiger partial charge in [-0.3, -0.25) is 4.79 Å². The average Bonchev–Trinajstić information content (AvgIpc) is 3.07. The maximum Gasteiger partial charge on any atom is 0.314 e. The molecule has 6 nitrogen and oxygen atoms in total. The molecule has 114 valence electrons. The van der Waals surface area contributed by atoms with Gasteiger partial charge in [-0.2, -0.15) is 0 Å². The summed E-state index contributed by atoms with van der Waals surface area (Å²) in [5, 5.41) is 14.7. The van der Waals surface area contributed by atoms with Gasteiger partial charge in [0.05, 0.1) is 12.0 Å². The molecule has 0 aromatic carbocycles. The molecule has 3 unspecified atom stereocenters. The SMILES string of the molecule is O=C(NCCC1CCCO1)NCC1CCCC1C(=O)O. The van der Waals surface area contributed by atoms with Crippen LogP contribution in [0.5, 0.6) is 0 Å². The predicted molar refractivity (Wildman–Crippen MR) is 73.5 cm³/mol. The first-order chi connectivity index (χ1) is 9.66. The molecular formula is C14H24N2O4. The van der Waals surface area contributed by atoms with Crippen LogP contribution in [-0.2, 0) is 9.53 Å². The molecule has 6 heteroatoms. The summed E-state index contributed by atoms with van der Waals surface area (Å²) in [5.74, 6) is -0.980. The number of aliphatic carboxylic acids is 1. The molecule has 1 aliphatic carbocycles. The predicted octanol–water partition coefficient (Wildman–Crippen LogP) is 1.36. The van der Waals surface area contributed by atoms with Crippen LogP contribution in [0.1, 0.15) is 38.5 Å². The fraction of sp³-hybridized carbons (Fsp3) is 0.857. The zero-order valence-electron chi connectivity index (χ0n) is 11.8. The van der Waals surface area contributed by atoms with Crippen LogP contribution in [-0.4, -0.2) is 42.9 Å². The fourth-order valence-electron chi connectivity index (χ4n) is 3.11. The van der Waals surface area contributed by atoms with Crippen molar-refractivity contribution in [3.05, 3.63) is 0 Å². The van der Waals surface area contributed by atoms with Crippen molar-refractivity contribution >= 4 is 12.0 Å². The summed E-state index contributed by atoms with van der Waals surface area (Å²) in [6.45, 7) is 1.88. The minimum Gasteiger partial charge on any atom is -0.481 e. The third-order valence-corrected chi connectivity index (χ3v) is 4.28. The summed E-state index contributed by atoms with van der Waals surface area (Å²) in [5.41, 5.74) is 0. The highest BCUT2D eigenvalue weighted by molar-refractivity contribution is 5.74. The van der Waals surface area contributed by atoms with Gasteiger partial charge in [-0.15, -0.1) is 0 Å². The number of urea groups is 1. The lowest BCUT2D eigenvalue weighted by molar-refractivity contribution is -0.142.